The monoisotopic (exact) mass is 292 g/mol. The number of benzene rings is 1. The van der Waals surface area contributed by atoms with E-state index >= 15 is 0 Å². The predicted octanol–water partition coefficient (Wildman–Crippen LogP) is 4.69. The Balaban J connectivity index is 2.72. The van der Waals surface area contributed by atoms with Crippen LogP contribution in [0.2, 0.25) is 0 Å². The Bertz CT molecular complexity index is 466. The fourth-order valence-corrected chi connectivity index (χ4v) is 2.00. The molecule has 0 aliphatic carbocycles. The van der Waals surface area contributed by atoms with E-state index in [-0.39, 0.29) is 17.0 Å². The molecular formula is C18H28O3. The van der Waals surface area contributed by atoms with Crippen molar-refractivity contribution >= 4 is 5.97 Å². The third kappa shape index (κ3) is 5.50. The van der Waals surface area contributed by atoms with Gasteiger partial charge in [0.2, 0.25) is 6.29 Å². The summed E-state index contributed by atoms with van der Waals surface area (Å²) >= 11 is 0. The van der Waals surface area contributed by atoms with Crippen LogP contribution < -0.4 is 0 Å². The molecule has 3 heteroatoms. The van der Waals surface area contributed by atoms with Crippen LogP contribution in [-0.2, 0) is 14.9 Å². The molecule has 0 amide bonds. The minimum absolute atomic E-state index is 0.116. The smallest absolute Gasteiger partial charge is 0.340 e. The number of rotatable bonds is 5. The number of hydrogen-bond acceptors (Lipinski definition) is 3. The van der Waals surface area contributed by atoms with E-state index in [0.717, 1.165) is 6.42 Å². The molecule has 0 saturated carbocycles. The maximum Gasteiger partial charge on any atom is 0.340 e. The molecule has 118 valence electrons. The standard InChI is InChI=1S/C18H28O3/c1-8-18(6,7)15-11-9-14(10-12-15)16(19)20-13(2)21-17(3,4)5/h9-13H,8H2,1-7H3. The highest BCUT2D eigenvalue weighted by molar-refractivity contribution is 5.89. The van der Waals surface area contributed by atoms with Crippen LogP contribution in [0.15, 0.2) is 24.3 Å². The number of esters is 1. The van der Waals surface area contributed by atoms with Crippen molar-refractivity contribution in [2.75, 3.05) is 0 Å². The molecule has 0 N–H and O–H groups in total. The largest absolute Gasteiger partial charge is 0.432 e. The molecule has 0 radical (unpaired) electrons. The van der Waals surface area contributed by atoms with E-state index in [1.54, 1.807) is 6.92 Å². The van der Waals surface area contributed by atoms with Gasteiger partial charge in [0.15, 0.2) is 0 Å². The first kappa shape index (κ1) is 17.7. The van der Waals surface area contributed by atoms with E-state index in [9.17, 15) is 4.79 Å². The van der Waals surface area contributed by atoms with Gasteiger partial charge in [-0.1, -0.05) is 32.9 Å². The van der Waals surface area contributed by atoms with Crippen molar-refractivity contribution in [1.82, 2.24) is 0 Å². The molecule has 1 atom stereocenters. The summed E-state index contributed by atoms with van der Waals surface area (Å²) in [4.78, 5) is 12.1. The second-order valence-electron chi connectivity index (χ2n) is 7.02. The van der Waals surface area contributed by atoms with Crippen LogP contribution in [0.4, 0.5) is 0 Å². The summed E-state index contributed by atoms with van der Waals surface area (Å²) in [5, 5.41) is 0. The molecule has 0 saturated heterocycles. The number of carbonyl (C=O) groups is 1. The van der Waals surface area contributed by atoms with Gasteiger partial charge < -0.3 is 9.47 Å². The molecule has 21 heavy (non-hydrogen) atoms. The lowest BCUT2D eigenvalue weighted by atomic mass is 9.82. The third-order valence-electron chi connectivity index (χ3n) is 3.58. The number of carbonyl (C=O) groups excluding carboxylic acids is 1. The fraction of sp³-hybridized carbons (Fsp3) is 0.611. The van der Waals surface area contributed by atoms with Crippen molar-refractivity contribution in [3.8, 4) is 0 Å². The lowest BCUT2D eigenvalue weighted by Crippen LogP contribution is -2.29. The summed E-state index contributed by atoms with van der Waals surface area (Å²) in [5.41, 5.74) is 1.55. The van der Waals surface area contributed by atoms with Crippen molar-refractivity contribution in [2.24, 2.45) is 0 Å². The van der Waals surface area contributed by atoms with Gasteiger partial charge in [-0.3, -0.25) is 0 Å². The van der Waals surface area contributed by atoms with Crippen LogP contribution in [0.1, 0.15) is 70.8 Å². The first-order chi connectivity index (χ1) is 9.55. The molecule has 0 bridgehead atoms. The molecule has 0 aliphatic rings. The van der Waals surface area contributed by atoms with Gasteiger partial charge >= 0.3 is 5.97 Å². The van der Waals surface area contributed by atoms with Crippen LogP contribution in [0.5, 0.6) is 0 Å². The molecule has 0 fully saturated rings. The summed E-state index contributed by atoms with van der Waals surface area (Å²) in [7, 11) is 0. The second kappa shape index (κ2) is 6.61. The topological polar surface area (TPSA) is 35.5 Å². The molecular weight excluding hydrogens is 264 g/mol. The fourth-order valence-electron chi connectivity index (χ4n) is 2.00. The SMILES string of the molecule is CCC(C)(C)c1ccc(C(=O)OC(C)OC(C)(C)C)cc1. The highest BCUT2D eigenvalue weighted by Crippen LogP contribution is 2.26. The van der Waals surface area contributed by atoms with Gasteiger partial charge in [-0.2, -0.15) is 0 Å². The Kier molecular flexibility index (Phi) is 5.57. The van der Waals surface area contributed by atoms with E-state index in [0.29, 0.717) is 5.56 Å². The zero-order chi connectivity index (χ0) is 16.3. The van der Waals surface area contributed by atoms with Gasteiger partial charge in [0.25, 0.3) is 0 Å². The molecule has 1 unspecified atom stereocenters. The number of hydrogen-bond donors (Lipinski definition) is 0. The minimum Gasteiger partial charge on any atom is -0.432 e. The van der Waals surface area contributed by atoms with Crippen LogP contribution in [0, 0.1) is 0 Å². The van der Waals surface area contributed by atoms with Gasteiger partial charge in [0.05, 0.1) is 11.2 Å². The average Bonchev–Trinajstić information content (AvgIpc) is 2.36. The normalized spacial score (nSPS) is 13.9. The molecule has 0 heterocycles. The second-order valence-corrected chi connectivity index (χ2v) is 7.02. The summed E-state index contributed by atoms with van der Waals surface area (Å²) in [6, 6.07) is 7.63. The number of ether oxygens (including phenoxy) is 2. The van der Waals surface area contributed by atoms with Crippen LogP contribution in [0.3, 0.4) is 0 Å². The van der Waals surface area contributed by atoms with E-state index in [2.05, 4.69) is 20.8 Å². The van der Waals surface area contributed by atoms with E-state index in [1.165, 1.54) is 5.56 Å². The zero-order valence-corrected chi connectivity index (χ0v) is 14.3. The van der Waals surface area contributed by atoms with Crippen molar-refractivity contribution in [3.63, 3.8) is 0 Å². The Morgan fingerprint density at radius 1 is 1.10 bits per heavy atom. The molecule has 3 nitrogen and oxygen atoms in total. The highest BCUT2D eigenvalue weighted by atomic mass is 16.7. The van der Waals surface area contributed by atoms with Crippen LogP contribution in [0.25, 0.3) is 0 Å². The molecule has 0 aromatic heterocycles. The Labute approximate surface area is 128 Å². The molecule has 0 spiro atoms. The van der Waals surface area contributed by atoms with Gasteiger partial charge in [-0.25, -0.2) is 4.79 Å². The first-order valence-electron chi connectivity index (χ1n) is 7.54. The van der Waals surface area contributed by atoms with Gasteiger partial charge in [-0.05, 0) is 57.2 Å². The summed E-state index contributed by atoms with van der Waals surface area (Å²) in [5.74, 6) is -0.354. The average molecular weight is 292 g/mol. The maximum absolute atomic E-state index is 12.1. The molecule has 1 rings (SSSR count). The summed E-state index contributed by atoms with van der Waals surface area (Å²) in [6.45, 7) is 14.1. The predicted molar refractivity (Wildman–Crippen MR) is 85.5 cm³/mol. The van der Waals surface area contributed by atoms with E-state index < -0.39 is 6.29 Å². The summed E-state index contributed by atoms with van der Waals surface area (Å²) < 4.78 is 10.9. The van der Waals surface area contributed by atoms with Crippen molar-refractivity contribution < 1.29 is 14.3 Å². The lowest BCUT2D eigenvalue weighted by Gasteiger charge is -2.25. The lowest BCUT2D eigenvalue weighted by molar-refractivity contribution is -0.158. The van der Waals surface area contributed by atoms with Gasteiger partial charge in [0, 0.05) is 0 Å². The van der Waals surface area contributed by atoms with Gasteiger partial charge in [-0.15, -0.1) is 0 Å². The van der Waals surface area contributed by atoms with Gasteiger partial charge in [0.1, 0.15) is 0 Å². The molecule has 1 aromatic carbocycles. The zero-order valence-electron chi connectivity index (χ0n) is 14.3. The van der Waals surface area contributed by atoms with Crippen LogP contribution in [-0.4, -0.2) is 17.9 Å². The summed E-state index contributed by atoms with van der Waals surface area (Å²) in [6.07, 6.45) is 0.483. The van der Waals surface area contributed by atoms with Crippen molar-refractivity contribution in [2.45, 2.75) is 72.2 Å². The van der Waals surface area contributed by atoms with E-state index in [1.807, 2.05) is 45.0 Å². The Morgan fingerprint density at radius 2 is 1.62 bits per heavy atom. The highest BCUT2D eigenvalue weighted by Gasteiger charge is 2.21. The van der Waals surface area contributed by atoms with Crippen molar-refractivity contribution in [1.29, 1.82) is 0 Å². The first-order valence-corrected chi connectivity index (χ1v) is 7.54. The van der Waals surface area contributed by atoms with Crippen LogP contribution >= 0.6 is 0 Å². The van der Waals surface area contributed by atoms with Crippen molar-refractivity contribution in [3.05, 3.63) is 35.4 Å². The Hall–Kier alpha value is -1.35. The quantitative estimate of drug-likeness (QED) is 0.583. The maximum atomic E-state index is 12.1. The minimum atomic E-state index is -0.566. The Morgan fingerprint density at radius 3 is 2.05 bits per heavy atom. The molecule has 0 aliphatic heterocycles. The molecule has 1 aromatic rings. The van der Waals surface area contributed by atoms with E-state index in [4.69, 9.17) is 9.47 Å². The third-order valence-corrected chi connectivity index (χ3v) is 3.58.